The highest BCUT2D eigenvalue weighted by molar-refractivity contribution is 9.10. The maximum Gasteiger partial charge on any atom is 0.262 e. The lowest BCUT2D eigenvalue weighted by molar-refractivity contribution is -0.118. The number of rotatable bonds is 7. The number of carbonyl (C=O) groups excluding carboxylic acids is 2. The van der Waals surface area contributed by atoms with Gasteiger partial charge in [0.2, 0.25) is 0 Å². The minimum absolute atomic E-state index is 0.0386. The van der Waals surface area contributed by atoms with Gasteiger partial charge in [-0.15, -0.1) is 0 Å². The van der Waals surface area contributed by atoms with Crippen LogP contribution in [0.1, 0.15) is 23.2 Å². The molecule has 9 heteroatoms. The van der Waals surface area contributed by atoms with Gasteiger partial charge in [-0.05, 0) is 53.0 Å². The fourth-order valence-electron chi connectivity index (χ4n) is 2.89. The van der Waals surface area contributed by atoms with Crippen LogP contribution in [0.15, 0.2) is 40.9 Å². The molecule has 154 valence electrons. The summed E-state index contributed by atoms with van der Waals surface area (Å²) in [7, 11) is 0. The van der Waals surface area contributed by atoms with Crippen molar-refractivity contribution in [2.75, 3.05) is 25.1 Å². The van der Waals surface area contributed by atoms with Gasteiger partial charge in [-0.1, -0.05) is 35.3 Å². The summed E-state index contributed by atoms with van der Waals surface area (Å²) < 4.78 is 11.6. The van der Waals surface area contributed by atoms with E-state index < -0.39 is 5.91 Å². The van der Waals surface area contributed by atoms with Crippen LogP contribution in [0.25, 0.3) is 0 Å². The average Bonchev–Trinajstić information content (AvgIpc) is 3.19. The van der Waals surface area contributed by atoms with Gasteiger partial charge in [0.1, 0.15) is 0 Å². The molecule has 0 bridgehead atoms. The first-order chi connectivity index (χ1) is 13.9. The lowest BCUT2D eigenvalue weighted by atomic mass is 10.1. The monoisotopic (exact) mass is 500 g/mol. The second-order valence-electron chi connectivity index (χ2n) is 6.43. The van der Waals surface area contributed by atoms with Crippen molar-refractivity contribution in [2.24, 2.45) is 0 Å². The smallest absolute Gasteiger partial charge is 0.262 e. The van der Waals surface area contributed by atoms with Crippen molar-refractivity contribution in [1.29, 1.82) is 0 Å². The maximum atomic E-state index is 12.5. The average molecular weight is 502 g/mol. The molecule has 1 fully saturated rings. The molecular weight excluding hydrogens is 483 g/mol. The summed E-state index contributed by atoms with van der Waals surface area (Å²) in [4.78, 5) is 24.9. The summed E-state index contributed by atoms with van der Waals surface area (Å²) in [6.45, 7) is 0.875. The van der Waals surface area contributed by atoms with Gasteiger partial charge in [0.05, 0.1) is 26.9 Å². The Labute approximate surface area is 187 Å². The Morgan fingerprint density at radius 1 is 1.24 bits per heavy atom. The molecule has 29 heavy (non-hydrogen) atoms. The van der Waals surface area contributed by atoms with Gasteiger partial charge in [0.25, 0.3) is 11.8 Å². The van der Waals surface area contributed by atoms with E-state index in [9.17, 15) is 9.59 Å². The number of anilines is 1. The van der Waals surface area contributed by atoms with Crippen LogP contribution in [0, 0.1) is 0 Å². The second-order valence-corrected chi connectivity index (χ2v) is 8.12. The second kappa shape index (κ2) is 10.3. The molecule has 3 rings (SSSR count). The molecule has 0 aromatic heterocycles. The first kappa shape index (κ1) is 21.9. The van der Waals surface area contributed by atoms with Crippen LogP contribution < -0.4 is 15.4 Å². The zero-order valence-electron chi connectivity index (χ0n) is 15.3. The molecule has 0 radical (unpaired) electrons. The van der Waals surface area contributed by atoms with Gasteiger partial charge < -0.3 is 20.1 Å². The van der Waals surface area contributed by atoms with Crippen LogP contribution in [-0.2, 0) is 9.53 Å². The maximum absolute atomic E-state index is 12.5. The number of para-hydroxylation sites is 1. The molecule has 2 N–H and O–H groups in total. The third-order valence-corrected chi connectivity index (χ3v) is 5.36. The molecule has 0 aliphatic carbocycles. The number of ether oxygens (including phenoxy) is 2. The Hall–Kier alpha value is -1.80. The summed E-state index contributed by atoms with van der Waals surface area (Å²) in [5.74, 6) is -0.392. The topological polar surface area (TPSA) is 76.7 Å². The van der Waals surface area contributed by atoms with Gasteiger partial charge in [-0.25, -0.2) is 0 Å². The molecule has 6 nitrogen and oxygen atoms in total. The number of hydrogen-bond acceptors (Lipinski definition) is 4. The van der Waals surface area contributed by atoms with Crippen LogP contribution in [0.5, 0.6) is 5.75 Å². The van der Waals surface area contributed by atoms with Crippen molar-refractivity contribution >= 4 is 56.6 Å². The number of benzene rings is 2. The molecule has 1 heterocycles. The molecule has 2 amide bonds. The van der Waals surface area contributed by atoms with Gasteiger partial charge in [0, 0.05) is 18.2 Å². The molecule has 1 aliphatic rings. The molecule has 1 atom stereocenters. The molecule has 0 unspecified atom stereocenters. The third kappa shape index (κ3) is 6.09. The van der Waals surface area contributed by atoms with E-state index in [1.807, 2.05) is 0 Å². The van der Waals surface area contributed by atoms with Crippen molar-refractivity contribution < 1.29 is 19.1 Å². The van der Waals surface area contributed by atoms with Crippen LogP contribution >= 0.6 is 39.1 Å². The summed E-state index contributed by atoms with van der Waals surface area (Å²) >= 11 is 15.3. The third-order valence-electron chi connectivity index (χ3n) is 4.27. The molecule has 0 spiro atoms. The number of carbonyl (C=O) groups is 2. The summed E-state index contributed by atoms with van der Waals surface area (Å²) in [6.07, 6.45) is 1.97. The van der Waals surface area contributed by atoms with Crippen LogP contribution in [-0.4, -0.2) is 37.7 Å². The molecule has 0 saturated carbocycles. The van der Waals surface area contributed by atoms with Crippen molar-refractivity contribution in [3.8, 4) is 5.75 Å². The zero-order chi connectivity index (χ0) is 20.8. The highest BCUT2D eigenvalue weighted by atomic mass is 79.9. The van der Waals surface area contributed by atoms with E-state index in [1.165, 1.54) is 6.07 Å². The Morgan fingerprint density at radius 2 is 2.03 bits per heavy atom. The van der Waals surface area contributed by atoms with Crippen LogP contribution in [0.4, 0.5) is 5.69 Å². The van der Waals surface area contributed by atoms with Crippen LogP contribution in [0.2, 0.25) is 10.0 Å². The Bertz CT molecular complexity index is 881. The van der Waals surface area contributed by atoms with E-state index in [-0.39, 0.29) is 23.6 Å². The van der Waals surface area contributed by atoms with E-state index in [0.29, 0.717) is 33.0 Å². The minimum Gasteiger partial charge on any atom is -0.481 e. The highest BCUT2D eigenvalue weighted by Crippen LogP contribution is 2.36. The lowest BCUT2D eigenvalue weighted by Gasteiger charge is -2.14. The van der Waals surface area contributed by atoms with Gasteiger partial charge in [-0.3, -0.25) is 9.59 Å². The first-order valence-electron chi connectivity index (χ1n) is 9.00. The van der Waals surface area contributed by atoms with E-state index in [2.05, 4.69) is 26.6 Å². The predicted molar refractivity (Wildman–Crippen MR) is 116 cm³/mol. The van der Waals surface area contributed by atoms with E-state index in [4.69, 9.17) is 32.7 Å². The van der Waals surface area contributed by atoms with Crippen LogP contribution in [0.3, 0.4) is 0 Å². The van der Waals surface area contributed by atoms with Crippen molar-refractivity contribution in [3.05, 3.63) is 56.5 Å². The van der Waals surface area contributed by atoms with Gasteiger partial charge in [0.15, 0.2) is 12.4 Å². The van der Waals surface area contributed by atoms with Crippen molar-refractivity contribution in [3.63, 3.8) is 0 Å². The Morgan fingerprint density at radius 3 is 2.76 bits per heavy atom. The minimum atomic E-state index is -0.428. The van der Waals surface area contributed by atoms with Crippen molar-refractivity contribution in [1.82, 2.24) is 5.32 Å². The number of hydrogen-bond donors (Lipinski definition) is 2. The summed E-state index contributed by atoms with van der Waals surface area (Å²) in [5, 5.41) is 6.28. The number of nitrogens with one attached hydrogen (secondary N) is 2. The number of amides is 2. The molecular formula is C20H19BrCl2N2O4. The SMILES string of the molecule is O=C(COc1c(Cl)cc(Cl)cc1Br)Nc1ccccc1C(=O)NC[C@@H]1CCCO1. The standard InChI is InChI=1S/C20H19BrCl2N2O4/c21-15-8-12(22)9-16(23)19(15)29-11-18(26)25-17-6-2-1-5-14(17)20(27)24-10-13-4-3-7-28-13/h1-2,5-6,8-9,13H,3-4,7,10-11H2,(H,24,27)(H,25,26)/t13-/m0/s1. The Kier molecular flexibility index (Phi) is 7.77. The lowest BCUT2D eigenvalue weighted by Crippen LogP contribution is -2.32. The molecule has 1 saturated heterocycles. The van der Waals surface area contributed by atoms with E-state index in [0.717, 1.165) is 19.4 Å². The highest BCUT2D eigenvalue weighted by Gasteiger charge is 2.19. The van der Waals surface area contributed by atoms with E-state index in [1.54, 1.807) is 30.3 Å². The number of halogens is 3. The molecule has 2 aromatic rings. The fourth-order valence-corrected chi connectivity index (χ4v) is 4.26. The quantitative estimate of drug-likeness (QED) is 0.577. The van der Waals surface area contributed by atoms with Gasteiger partial charge >= 0.3 is 0 Å². The first-order valence-corrected chi connectivity index (χ1v) is 10.5. The zero-order valence-corrected chi connectivity index (χ0v) is 18.4. The normalized spacial score (nSPS) is 15.8. The van der Waals surface area contributed by atoms with E-state index >= 15 is 0 Å². The summed E-state index contributed by atoms with van der Waals surface area (Å²) in [5.41, 5.74) is 0.761. The summed E-state index contributed by atoms with van der Waals surface area (Å²) in [6, 6.07) is 9.92. The molecule has 2 aromatic carbocycles. The molecule has 1 aliphatic heterocycles. The fraction of sp³-hybridized carbons (Fsp3) is 0.300. The largest absolute Gasteiger partial charge is 0.481 e. The predicted octanol–water partition coefficient (Wildman–Crippen LogP) is 4.68. The van der Waals surface area contributed by atoms with Crippen molar-refractivity contribution in [2.45, 2.75) is 18.9 Å². The Balaban J connectivity index is 1.59. The van der Waals surface area contributed by atoms with Gasteiger partial charge in [-0.2, -0.15) is 0 Å².